The first-order chi connectivity index (χ1) is 4.00. The molecule has 0 aliphatic rings. The van der Waals surface area contributed by atoms with E-state index in [1.54, 1.807) is 0 Å². The largest absolute Gasteiger partial charge is 4.00 e. The normalized spacial score (nSPS) is 9.67. The molecule has 2 N–H and O–H groups in total. The van der Waals surface area contributed by atoms with Gasteiger partial charge in [0.15, 0.2) is 0 Å². The van der Waals surface area contributed by atoms with Gasteiger partial charge in [-0.2, -0.15) is 0 Å². The van der Waals surface area contributed by atoms with Crippen molar-refractivity contribution < 1.29 is 62.2 Å². The fourth-order valence-electron chi connectivity index (χ4n) is 0. The third-order valence-corrected chi connectivity index (χ3v) is 0. The van der Waals surface area contributed by atoms with Crippen LogP contribution in [0.25, 0.3) is 0 Å². The van der Waals surface area contributed by atoms with Gasteiger partial charge < -0.3 is 23.7 Å². The predicted octanol–water partition coefficient (Wildman–Crippen LogP) is -3.50. The van der Waals surface area contributed by atoms with Gasteiger partial charge in [0, 0.05) is 20.8 Å². The third kappa shape index (κ3) is 5380. The smallest absolute Gasteiger partial charge is 0.759 e. The van der Waals surface area contributed by atoms with E-state index in [1.807, 2.05) is 0 Å². The van der Waals surface area contributed by atoms with Crippen molar-refractivity contribution in [2.45, 2.75) is 0 Å². The van der Waals surface area contributed by atoms with E-state index in [-0.39, 0.29) is 27.2 Å². The summed E-state index contributed by atoms with van der Waals surface area (Å²) in [5, 5.41) is 0. The van der Waals surface area contributed by atoms with Crippen molar-refractivity contribution in [2.24, 2.45) is 0 Å². The summed E-state index contributed by atoms with van der Waals surface area (Å²) >= 11 is 0. The maximum absolute atomic E-state index is 8.52. The van der Waals surface area contributed by atoms with Crippen LogP contribution in [0.3, 0.4) is 0 Å². The molecule has 0 aromatic heterocycles. The van der Waals surface area contributed by atoms with Crippen LogP contribution in [-0.4, -0.2) is 40.5 Å². The van der Waals surface area contributed by atoms with Gasteiger partial charge in [-0.1, -0.05) is 0 Å². The number of hydrogen-bond donors (Lipinski definition) is 0. The Balaban J connectivity index is -0.0000000457. The van der Waals surface area contributed by atoms with Crippen LogP contribution >= 0.6 is 0 Å². The van der Waals surface area contributed by atoms with E-state index in [0.29, 0.717) is 0 Å². The Hall–Kier alpha value is 0.414. The molecule has 0 heterocycles. The molecule has 0 aliphatic heterocycles. The molecule has 0 aliphatic carbocycles. The molecule has 0 saturated carbocycles. The summed E-state index contributed by atoms with van der Waals surface area (Å²) in [6.45, 7) is 0. The predicted molar refractivity (Wildman–Crippen MR) is 24.6 cm³/mol. The Morgan fingerprint density at radius 2 is 0.667 bits per heavy atom. The monoisotopic (exact) mass is 258 g/mol. The first-order valence-electron chi connectivity index (χ1n) is 1.33. The molecule has 0 fully saturated rings. The second-order valence-electron chi connectivity index (χ2n) is 0.816. The van der Waals surface area contributed by atoms with E-state index < -0.39 is 20.8 Å². The zero-order valence-electron chi connectivity index (χ0n) is 5.08. The maximum Gasteiger partial charge on any atom is 4.00 e. The average Bonchev–Trinajstić information content (AvgIpc) is 1.12. The minimum atomic E-state index is -5.17. The molecule has 0 rings (SSSR count). The molecule has 72 valence electrons. The van der Waals surface area contributed by atoms with Crippen molar-refractivity contribution >= 4 is 20.8 Å². The zero-order valence-corrected chi connectivity index (χ0v) is 8.28. The summed E-state index contributed by atoms with van der Waals surface area (Å²) in [7, 11) is -10.3. The minimum absolute atomic E-state index is 0. The Bertz CT molecular complexity index is 209. The van der Waals surface area contributed by atoms with Crippen molar-refractivity contribution in [3.8, 4) is 0 Å². The van der Waals surface area contributed by atoms with Crippen LogP contribution < -0.4 is 0 Å². The summed E-state index contributed by atoms with van der Waals surface area (Å²) in [4.78, 5) is 0. The molecule has 12 heavy (non-hydrogen) atoms. The Kier molecular flexibility index (Phi) is 15.3. The first-order valence-corrected chi connectivity index (χ1v) is 4.00. The van der Waals surface area contributed by atoms with Crippen molar-refractivity contribution in [2.75, 3.05) is 0 Å². The van der Waals surface area contributed by atoms with Crippen LogP contribution in [-0.2, 0) is 42.5 Å². The molecule has 0 spiro atoms. The van der Waals surface area contributed by atoms with E-state index >= 15 is 0 Å². The molecular formula is H2O9S2Ti. The van der Waals surface area contributed by atoms with Gasteiger partial charge in [-0.3, -0.25) is 16.8 Å². The maximum atomic E-state index is 8.52. The van der Waals surface area contributed by atoms with Crippen LogP contribution in [0.15, 0.2) is 0 Å². The summed E-state index contributed by atoms with van der Waals surface area (Å²) in [6.07, 6.45) is 0. The van der Waals surface area contributed by atoms with Gasteiger partial charge in [0.25, 0.3) is 0 Å². The van der Waals surface area contributed by atoms with Gasteiger partial charge in [0.2, 0.25) is 0 Å². The molecule has 0 atom stereocenters. The minimum Gasteiger partial charge on any atom is -0.759 e. The van der Waals surface area contributed by atoms with Crippen LogP contribution in [0.5, 0.6) is 0 Å². The van der Waals surface area contributed by atoms with Gasteiger partial charge in [-0.05, 0) is 0 Å². The molecule has 9 nitrogen and oxygen atoms in total. The van der Waals surface area contributed by atoms with Gasteiger partial charge in [0.05, 0.1) is 0 Å². The van der Waals surface area contributed by atoms with E-state index in [9.17, 15) is 0 Å². The molecule has 0 bridgehead atoms. The third-order valence-electron chi connectivity index (χ3n) is 0. The standard InChI is InChI=1S/2H2O4S.H2O.Ti/c2*1-5(2,3)4;;/h2*(H2,1,2,3,4);1H2;/q;;;+4/p-4. The summed E-state index contributed by atoms with van der Waals surface area (Å²) in [5.41, 5.74) is 0. The second kappa shape index (κ2) is 8.03. The molecular weight excluding hydrogens is 256 g/mol. The van der Waals surface area contributed by atoms with Gasteiger partial charge in [0.1, 0.15) is 0 Å². The van der Waals surface area contributed by atoms with Crippen LogP contribution in [0.1, 0.15) is 0 Å². The first kappa shape index (κ1) is 22.8. The van der Waals surface area contributed by atoms with E-state index in [4.69, 9.17) is 35.0 Å². The summed E-state index contributed by atoms with van der Waals surface area (Å²) < 4.78 is 68.2. The van der Waals surface area contributed by atoms with Crippen molar-refractivity contribution in [1.29, 1.82) is 0 Å². The van der Waals surface area contributed by atoms with E-state index in [2.05, 4.69) is 0 Å². The fourth-order valence-corrected chi connectivity index (χ4v) is 0. The average molecular weight is 258 g/mol. The Morgan fingerprint density at radius 1 is 0.667 bits per heavy atom. The number of rotatable bonds is 0. The molecule has 12 heteroatoms. The van der Waals surface area contributed by atoms with Crippen LogP contribution in [0.2, 0.25) is 0 Å². The van der Waals surface area contributed by atoms with Crippen molar-refractivity contribution in [1.82, 2.24) is 0 Å². The summed E-state index contributed by atoms with van der Waals surface area (Å²) in [6, 6.07) is 0. The van der Waals surface area contributed by atoms with Crippen LogP contribution in [0, 0.1) is 0 Å². The van der Waals surface area contributed by atoms with Crippen molar-refractivity contribution in [3.05, 3.63) is 0 Å². The fraction of sp³-hybridized carbons (Fsp3) is 0. The topological polar surface area (TPSA) is 192 Å². The molecule has 0 unspecified atom stereocenters. The zero-order chi connectivity index (χ0) is 9.00. The molecule has 0 aromatic carbocycles. The van der Waals surface area contributed by atoms with Crippen molar-refractivity contribution in [3.63, 3.8) is 0 Å². The summed E-state index contributed by atoms with van der Waals surface area (Å²) in [5.74, 6) is 0. The molecule has 0 amide bonds. The number of hydrogen-bond acceptors (Lipinski definition) is 8. The Labute approximate surface area is 83.1 Å². The van der Waals surface area contributed by atoms with Gasteiger partial charge >= 0.3 is 21.7 Å². The Morgan fingerprint density at radius 3 is 0.667 bits per heavy atom. The van der Waals surface area contributed by atoms with Gasteiger partial charge in [-0.15, -0.1) is 0 Å². The molecule has 0 radical (unpaired) electrons. The SMILES string of the molecule is O.O=S(=O)([O-])[O-].O=S(=O)([O-])[O-].[Ti+4]. The molecule has 0 aromatic rings. The van der Waals surface area contributed by atoms with Crippen LogP contribution in [0.4, 0.5) is 0 Å². The molecule has 0 saturated heterocycles. The second-order valence-corrected chi connectivity index (χ2v) is 2.45. The van der Waals surface area contributed by atoms with E-state index in [0.717, 1.165) is 0 Å². The quantitative estimate of drug-likeness (QED) is 0.242. The van der Waals surface area contributed by atoms with Gasteiger partial charge in [-0.25, -0.2) is 0 Å². The van der Waals surface area contributed by atoms with E-state index in [1.165, 1.54) is 0 Å².